The molecule has 0 amide bonds. The number of benzene rings is 2. The molecule has 104 valence electrons. The molecule has 20 heavy (non-hydrogen) atoms. The molecular weight excluding hydrogens is 260 g/mol. The number of hydrogen-bond acceptors (Lipinski definition) is 2. The van der Waals surface area contributed by atoms with Crippen molar-refractivity contribution in [3.63, 3.8) is 0 Å². The van der Waals surface area contributed by atoms with Crippen molar-refractivity contribution in [2.75, 3.05) is 12.4 Å². The van der Waals surface area contributed by atoms with Crippen LogP contribution in [0.3, 0.4) is 0 Å². The smallest absolute Gasteiger partial charge is 0.165 e. The second-order valence-corrected chi connectivity index (χ2v) is 4.89. The summed E-state index contributed by atoms with van der Waals surface area (Å²) in [4.78, 5) is 0. The van der Waals surface area contributed by atoms with Crippen molar-refractivity contribution < 1.29 is 13.5 Å². The minimum atomic E-state index is -0.393. The SMILES string of the molecule is COc1cc(NC2CCc3c(F)cccc32)ccc1F. The van der Waals surface area contributed by atoms with E-state index in [4.69, 9.17) is 4.74 Å². The number of ether oxygens (including phenoxy) is 1. The van der Waals surface area contributed by atoms with Crippen molar-refractivity contribution in [3.05, 3.63) is 59.2 Å². The van der Waals surface area contributed by atoms with Crippen LogP contribution in [0, 0.1) is 11.6 Å². The van der Waals surface area contributed by atoms with Gasteiger partial charge in [-0.15, -0.1) is 0 Å². The van der Waals surface area contributed by atoms with Gasteiger partial charge in [0.1, 0.15) is 5.82 Å². The maximum Gasteiger partial charge on any atom is 0.165 e. The fraction of sp³-hybridized carbons (Fsp3) is 0.250. The van der Waals surface area contributed by atoms with E-state index in [0.717, 1.165) is 29.7 Å². The fourth-order valence-corrected chi connectivity index (χ4v) is 2.71. The van der Waals surface area contributed by atoms with Gasteiger partial charge in [0.2, 0.25) is 0 Å². The topological polar surface area (TPSA) is 21.3 Å². The van der Waals surface area contributed by atoms with E-state index >= 15 is 0 Å². The van der Waals surface area contributed by atoms with Crippen LogP contribution in [0.2, 0.25) is 0 Å². The third kappa shape index (κ3) is 2.22. The van der Waals surface area contributed by atoms with Gasteiger partial charge in [0.15, 0.2) is 11.6 Å². The van der Waals surface area contributed by atoms with Gasteiger partial charge >= 0.3 is 0 Å². The maximum atomic E-state index is 13.7. The molecule has 2 aromatic rings. The number of rotatable bonds is 3. The Kier molecular flexibility index (Phi) is 3.30. The monoisotopic (exact) mass is 275 g/mol. The minimum Gasteiger partial charge on any atom is -0.494 e. The number of halogens is 2. The van der Waals surface area contributed by atoms with Crippen LogP contribution in [-0.2, 0) is 6.42 Å². The third-order valence-corrected chi connectivity index (χ3v) is 3.71. The summed E-state index contributed by atoms with van der Waals surface area (Å²) in [6, 6.07) is 9.84. The van der Waals surface area contributed by atoms with E-state index < -0.39 is 5.82 Å². The summed E-state index contributed by atoms with van der Waals surface area (Å²) in [6.07, 6.45) is 1.55. The second kappa shape index (κ2) is 5.12. The Labute approximate surface area is 116 Å². The predicted octanol–water partition coefficient (Wildman–Crippen LogP) is 4.07. The second-order valence-electron chi connectivity index (χ2n) is 4.89. The summed E-state index contributed by atoms with van der Waals surface area (Å²) in [5.74, 6) is -0.341. The van der Waals surface area contributed by atoms with Crippen LogP contribution in [0.5, 0.6) is 5.75 Å². The first-order valence-electron chi connectivity index (χ1n) is 6.56. The third-order valence-electron chi connectivity index (χ3n) is 3.71. The highest BCUT2D eigenvalue weighted by Crippen LogP contribution is 2.35. The number of nitrogens with one attached hydrogen (secondary N) is 1. The molecule has 0 saturated carbocycles. The molecule has 1 aliphatic rings. The Balaban J connectivity index is 1.86. The Morgan fingerprint density at radius 3 is 2.80 bits per heavy atom. The maximum absolute atomic E-state index is 13.7. The van der Waals surface area contributed by atoms with Crippen LogP contribution in [0.15, 0.2) is 36.4 Å². The molecule has 0 heterocycles. The molecular formula is C16H15F2NO. The lowest BCUT2D eigenvalue weighted by molar-refractivity contribution is 0.386. The van der Waals surface area contributed by atoms with Crippen LogP contribution in [-0.4, -0.2) is 7.11 Å². The Hall–Kier alpha value is -2.10. The molecule has 1 unspecified atom stereocenters. The van der Waals surface area contributed by atoms with Gasteiger partial charge in [0.05, 0.1) is 13.2 Å². The highest BCUT2D eigenvalue weighted by atomic mass is 19.1. The van der Waals surface area contributed by atoms with Crippen LogP contribution in [0.25, 0.3) is 0 Å². The zero-order chi connectivity index (χ0) is 14.1. The first kappa shape index (κ1) is 12.9. The van der Waals surface area contributed by atoms with E-state index in [0.29, 0.717) is 0 Å². The van der Waals surface area contributed by atoms with E-state index in [-0.39, 0.29) is 17.6 Å². The van der Waals surface area contributed by atoms with Crippen molar-refractivity contribution in [2.45, 2.75) is 18.9 Å². The summed E-state index contributed by atoms with van der Waals surface area (Å²) < 4.78 is 32.0. The van der Waals surface area contributed by atoms with Gasteiger partial charge < -0.3 is 10.1 Å². The first-order chi connectivity index (χ1) is 9.69. The number of fused-ring (bicyclic) bond motifs is 1. The molecule has 0 saturated heterocycles. The van der Waals surface area contributed by atoms with Crippen molar-refractivity contribution in [2.24, 2.45) is 0 Å². The number of methoxy groups -OCH3 is 1. The standard InChI is InChI=1S/C16H15F2NO/c1-20-16-9-10(5-7-14(16)18)19-15-8-6-11-12(15)3-2-4-13(11)17/h2-5,7,9,15,19H,6,8H2,1H3. The molecule has 0 spiro atoms. The molecule has 2 nitrogen and oxygen atoms in total. The molecule has 0 aliphatic heterocycles. The minimum absolute atomic E-state index is 0.0517. The molecule has 3 rings (SSSR count). The largest absolute Gasteiger partial charge is 0.494 e. The number of anilines is 1. The van der Waals surface area contributed by atoms with Crippen LogP contribution in [0.4, 0.5) is 14.5 Å². The molecule has 2 aromatic carbocycles. The van der Waals surface area contributed by atoms with Gasteiger partial charge in [0, 0.05) is 11.8 Å². The quantitative estimate of drug-likeness (QED) is 0.911. The molecule has 1 aliphatic carbocycles. The Morgan fingerprint density at radius 2 is 2.00 bits per heavy atom. The zero-order valence-corrected chi connectivity index (χ0v) is 11.1. The summed E-state index contributed by atoms with van der Waals surface area (Å²) >= 11 is 0. The van der Waals surface area contributed by atoms with E-state index in [1.807, 2.05) is 6.07 Å². The van der Waals surface area contributed by atoms with E-state index in [2.05, 4.69) is 5.32 Å². The average molecular weight is 275 g/mol. The predicted molar refractivity (Wildman–Crippen MR) is 74.0 cm³/mol. The van der Waals surface area contributed by atoms with Crippen LogP contribution in [0.1, 0.15) is 23.6 Å². The lowest BCUT2D eigenvalue weighted by Crippen LogP contribution is -2.07. The molecule has 0 fully saturated rings. The lowest BCUT2D eigenvalue weighted by Gasteiger charge is -2.16. The first-order valence-corrected chi connectivity index (χ1v) is 6.56. The van der Waals surface area contributed by atoms with E-state index in [1.54, 1.807) is 18.2 Å². The molecule has 0 aromatic heterocycles. The average Bonchev–Trinajstić information content (AvgIpc) is 2.86. The molecule has 0 radical (unpaired) electrons. The highest BCUT2D eigenvalue weighted by molar-refractivity contribution is 5.52. The highest BCUT2D eigenvalue weighted by Gasteiger charge is 2.24. The van der Waals surface area contributed by atoms with Gasteiger partial charge in [0.25, 0.3) is 0 Å². The van der Waals surface area contributed by atoms with E-state index in [9.17, 15) is 8.78 Å². The molecule has 0 bridgehead atoms. The normalized spacial score (nSPS) is 16.9. The van der Waals surface area contributed by atoms with Crippen molar-refractivity contribution in [1.82, 2.24) is 0 Å². The van der Waals surface area contributed by atoms with E-state index in [1.165, 1.54) is 19.2 Å². The van der Waals surface area contributed by atoms with Gasteiger partial charge in [-0.3, -0.25) is 0 Å². The molecule has 4 heteroatoms. The Morgan fingerprint density at radius 1 is 1.15 bits per heavy atom. The van der Waals surface area contributed by atoms with Crippen LogP contribution < -0.4 is 10.1 Å². The van der Waals surface area contributed by atoms with Gasteiger partial charge in [-0.05, 0) is 42.2 Å². The lowest BCUT2D eigenvalue weighted by atomic mass is 10.1. The fourth-order valence-electron chi connectivity index (χ4n) is 2.71. The van der Waals surface area contributed by atoms with Gasteiger partial charge in [-0.1, -0.05) is 12.1 Å². The zero-order valence-electron chi connectivity index (χ0n) is 11.1. The molecule has 1 atom stereocenters. The summed E-state index contributed by atoms with van der Waals surface area (Å²) in [7, 11) is 1.43. The van der Waals surface area contributed by atoms with Crippen LogP contribution >= 0.6 is 0 Å². The number of hydrogen-bond donors (Lipinski definition) is 1. The summed E-state index contributed by atoms with van der Waals surface area (Å²) in [5.41, 5.74) is 2.53. The van der Waals surface area contributed by atoms with Crippen molar-refractivity contribution in [1.29, 1.82) is 0 Å². The van der Waals surface area contributed by atoms with Crippen molar-refractivity contribution >= 4 is 5.69 Å². The Bertz CT molecular complexity index is 642. The molecule has 1 N–H and O–H groups in total. The summed E-state index contributed by atoms with van der Waals surface area (Å²) in [5, 5.41) is 3.31. The summed E-state index contributed by atoms with van der Waals surface area (Å²) in [6.45, 7) is 0. The van der Waals surface area contributed by atoms with Crippen molar-refractivity contribution in [3.8, 4) is 5.75 Å². The van der Waals surface area contributed by atoms with Gasteiger partial charge in [-0.25, -0.2) is 8.78 Å². The van der Waals surface area contributed by atoms with Gasteiger partial charge in [-0.2, -0.15) is 0 Å².